The molecule has 0 saturated carbocycles. The minimum absolute atomic E-state index is 0.117. The Morgan fingerprint density at radius 2 is 0.968 bits per heavy atom. The first-order chi connectivity index (χ1) is 13.5. The molecule has 0 N–H and O–H groups in total. The van der Waals surface area contributed by atoms with Crippen LogP contribution < -0.4 is 0 Å². The summed E-state index contributed by atoms with van der Waals surface area (Å²) in [6.07, 6.45) is 5.02. The van der Waals surface area contributed by atoms with Gasteiger partial charge in [-0.2, -0.15) is 0 Å². The second-order valence-electron chi connectivity index (χ2n) is 14.6. The molecule has 31 heavy (non-hydrogen) atoms. The fraction of sp³-hybridized carbons (Fsp3) is 0.840. The van der Waals surface area contributed by atoms with Crippen LogP contribution in [-0.2, 0) is 0 Å². The van der Waals surface area contributed by atoms with E-state index in [0.29, 0.717) is 0 Å². The van der Waals surface area contributed by atoms with Crippen LogP contribution in [0.2, 0.25) is 0 Å². The van der Waals surface area contributed by atoms with Gasteiger partial charge < -0.3 is 9.13 Å². The van der Waals surface area contributed by atoms with Crippen molar-refractivity contribution in [3.05, 3.63) is 12.4 Å². The molecule has 0 aliphatic carbocycles. The van der Waals surface area contributed by atoms with Crippen LogP contribution in [0.5, 0.6) is 0 Å². The molecule has 0 saturated heterocycles. The average molecular weight is 497 g/mol. The number of rotatable bonds is 0. The van der Waals surface area contributed by atoms with E-state index in [0.717, 1.165) is 0 Å². The third-order valence-electron chi connectivity index (χ3n) is 6.61. The zero-order valence-electron chi connectivity index (χ0n) is 22.9. The highest BCUT2D eigenvalue weighted by Gasteiger charge is 2.80. The average Bonchev–Trinajstić information content (AvgIpc) is 3.13. The number of hydrogen-bond donors (Lipinski definition) is 0. The lowest BCUT2D eigenvalue weighted by molar-refractivity contribution is 0.255. The van der Waals surface area contributed by atoms with Crippen LogP contribution in [0.15, 0.2) is 12.4 Å². The molecule has 2 bridgehead atoms. The molecule has 3 aliphatic rings. The van der Waals surface area contributed by atoms with Crippen molar-refractivity contribution in [3.8, 4) is 0 Å². The quantitative estimate of drug-likeness (QED) is 0.245. The highest BCUT2D eigenvalue weighted by atomic mass is 31.4. The van der Waals surface area contributed by atoms with E-state index in [2.05, 4.69) is 125 Å². The van der Waals surface area contributed by atoms with Crippen molar-refractivity contribution in [2.24, 2.45) is 16.2 Å². The molecule has 3 aliphatic heterocycles. The van der Waals surface area contributed by atoms with E-state index in [4.69, 9.17) is 0 Å². The van der Waals surface area contributed by atoms with Crippen LogP contribution in [0.25, 0.3) is 0 Å². The zero-order valence-corrected chi connectivity index (χ0v) is 26.6. The van der Waals surface area contributed by atoms with Crippen molar-refractivity contribution in [1.29, 1.82) is 0 Å². The molecule has 2 nitrogen and oxygen atoms in total. The van der Waals surface area contributed by atoms with Gasteiger partial charge in [-0.1, -0.05) is 78.7 Å². The number of hydrogen-bond acceptors (Lipinski definition) is 2. The van der Waals surface area contributed by atoms with Crippen molar-refractivity contribution in [1.82, 2.24) is 9.13 Å². The minimum atomic E-state index is -2.20. The second kappa shape index (κ2) is 6.94. The third-order valence-corrected chi connectivity index (χ3v) is 30.5. The maximum absolute atomic E-state index is 2.94. The minimum Gasteiger partial charge on any atom is -0.376 e. The third kappa shape index (κ3) is 3.50. The monoisotopic (exact) mass is 496 g/mol. The summed E-state index contributed by atoms with van der Waals surface area (Å²) < 4.78 is 6.15. The van der Waals surface area contributed by atoms with E-state index < -0.39 is 8.06 Å². The zero-order chi connectivity index (χ0) is 24.2. The largest absolute Gasteiger partial charge is 0.376 e. The van der Waals surface area contributed by atoms with Gasteiger partial charge in [-0.15, -0.1) is 0 Å². The van der Waals surface area contributed by atoms with Gasteiger partial charge in [0.2, 0.25) is 0 Å². The number of nitrogens with zero attached hydrogens (tertiary/aromatic N) is 2. The summed E-state index contributed by atoms with van der Waals surface area (Å²) in [7, 11) is 0.748. The lowest BCUT2D eigenvalue weighted by Gasteiger charge is -2.59. The predicted molar refractivity (Wildman–Crippen MR) is 150 cm³/mol. The summed E-state index contributed by atoms with van der Waals surface area (Å²) in [4.78, 5) is 0. The van der Waals surface area contributed by atoms with Crippen molar-refractivity contribution in [3.63, 3.8) is 0 Å². The van der Waals surface area contributed by atoms with Gasteiger partial charge in [0.05, 0.1) is 4.52 Å². The Morgan fingerprint density at radius 3 is 1.19 bits per heavy atom. The molecule has 0 fully saturated rings. The molecule has 0 aromatic carbocycles. The molecule has 3 rings (SSSR count). The lowest BCUT2D eigenvalue weighted by atomic mass is 9.99. The molecule has 0 atom stereocenters. The molecule has 0 radical (unpaired) electrons. The first-order valence-corrected chi connectivity index (χ1v) is 17.7. The lowest BCUT2D eigenvalue weighted by Crippen LogP contribution is -2.75. The standard InChI is InChI=1S/C25H47N2P3Si/c1-20(2,3)18-28-25(22(7,8)9)29-19(21(4,5)6)30(18)31(25)26(23(10,11)12)16-17-27(31)24(13,14)15/h16-17H,1-15H3. The van der Waals surface area contributed by atoms with E-state index in [9.17, 15) is 0 Å². The molecule has 0 unspecified atom stereocenters. The van der Waals surface area contributed by atoms with Crippen LogP contribution in [0, 0.1) is 16.2 Å². The van der Waals surface area contributed by atoms with Gasteiger partial charge in [-0.25, -0.2) is 0 Å². The molecule has 1 spiro atoms. The SMILES string of the molecule is CC(C)(C)C1=PC2(C(C)(C)C)P=C(C(C)(C)C)P1[Si]21N(C(C)(C)C)C=CN1C(C)(C)C. The highest BCUT2D eigenvalue weighted by molar-refractivity contribution is 8.31. The van der Waals surface area contributed by atoms with Gasteiger partial charge in [-0.3, -0.25) is 0 Å². The van der Waals surface area contributed by atoms with Crippen molar-refractivity contribution in [2.45, 2.75) is 119 Å². The fourth-order valence-electron chi connectivity index (χ4n) is 5.37. The summed E-state index contributed by atoms with van der Waals surface area (Å²) in [5.41, 5.74) is 0.934. The summed E-state index contributed by atoms with van der Waals surface area (Å²) in [6, 6.07) is 0. The van der Waals surface area contributed by atoms with E-state index >= 15 is 0 Å². The Labute approximate surface area is 199 Å². The van der Waals surface area contributed by atoms with Crippen molar-refractivity contribution >= 4 is 42.0 Å². The second-order valence-corrected chi connectivity index (χ2v) is 27.0. The Morgan fingerprint density at radius 1 is 0.645 bits per heavy atom. The maximum atomic E-state index is 2.94. The van der Waals surface area contributed by atoms with Gasteiger partial charge >= 0.3 is 8.06 Å². The fourth-order valence-corrected chi connectivity index (χ4v) is 37.4. The molecule has 0 amide bonds. The van der Waals surface area contributed by atoms with Crippen LogP contribution in [-0.4, -0.2) is 42.9 Å². The predicted octanol–water partition coefficient (Wildman–Crippen LogP) is 8.65. The van der Waals surface area contributed by atoms with E-state index in [-0.39, 0.29) is 39.3 Å². The summed E-state index contributed by atoms with van der Waals surface area (Å²) in [5, 5.41) is 3.72. The van der Waals surface area contributed by atoms with E-state index in [1.165, 1.54) is 0 Å². The maximum Gasteiger partial charge on any atom is 0.323 e. The normalized spacial score (nSPS) is 29.7. The highest BCUT2D eigenvalue weighted by Crippen LogP contribution is 2.85. The van der Waals surface area contributed by atoms with Crippen LogP contribution in [0.1, 0.15) is 104 Å². The molecule has 3 heterocycles. The summed E-state index contributed by atoms with van der Waals surface area (Å²) in [6.45, 7) is 37.2. The Bertz CT molecular complexity index is 796. The molecular weight excluding hydrogens is 449 g/mol. The first-order valence-electron chi connectivity index (χ1n) is 11.8. The molecule has 6 heteroatoms. The van der Waals surface area contributed by atoms with Gasteiger partial charge in [-0.05, 0) is 75.3 Å². The van der Waals surface area contributed by atoms with E-state index in [1.807, 2.05) is 10.1 Å². The van der Waals surface area contributed by atoms with Crippen molar-refractivity contribution in [2.75, 3.05) is 0 Å². The first kappa shape index (κ1) is 25.9. The van der Waals surface area contributed by atoms with Gasteiger partial charge in [0.15, 0.2) is 0 Å². The van der Waals surface area contributed by atoms with Crippen molar-refractivity contribution < 1.29 is 0 Å². The Balaban J connectivity index is 2.51. The molecule has 0 aromatic heterocycles. The summed E-state index contributed by atoms with van der Waals surface area (Å²) in [5.74, 6) is 0. The Hall–Kier alpha value is 0.327. The van der Waals surface area contributed by atoms with Crippen LogP contribution >= 0.6 is 23.9 Å². The van der Waals surface area contributed by atoms with Gasteiger partial charge in [0.1, 0.15) is 0 Å². The molecular formula is C25H47N2P3Si. The van der Waals surface area contributed by atoms with Crippen LogP contribution in [0.4, 0.5) is 0 Å². The Kier molecular flexibility index (Phi) is 5.80. The smallest absolute Gasteiger partial charge is 0.323 e. The topological polar surface area (TPSA) is 6.48 Å². The summed E-state index contributed by atoms with van der Waals surface area (Å²) >= 11 is 0. The van der Waals surface area contributed by atoms with Gasteiger partial charge in [0.25, 0.3) is 0 Å². The van der Waals surface area contributed by atoms with Gasteiger partial charge in [0, 0.05) is 23.5 Å². The molecule has 176 valence electrons. The van der Waals surface area contributed by atoms with Crippen LogP contribution in [0.3, 0.4) is 0 Å². The van der Waals surface area contributed by atoms with E-state index in [1.54, 1.807) is 16.4 Å². The molecule has 0 aromatic rings.